The Balaban J connectivity index is 1.94. The highest BCUT2D eigenvalue weighted by Gasteiger charge is 2.30. The predicted molar refractivity (Wildman–Crippen MR) is 72.3 cm³/mol. The fourth-order valence-electron chi connectivity index (χ4n) is 1.86. The minimum Gasteiger partial charge on any atom is -0.344 e. The van der Waals surface area contributed by atoms with Gasteiger partial charge in [0.1, 0.15) is 11.9 Å². The number of likely N-dealkylation sites (N-methyl/N-ethyl adjacent to an activating group) is 1. The number of hydrogen-bond donors (Lipinski definition) is 2. The molecule has 1 atom stereocenters. The van der Waals surface area contributed by atoms with Crippen LogP contribution in [0.15, 0.2) is 22.7 Å². The molecule has 1 aliphatic heterocycles. The fourth-order valence-corrected chi connectivity index (χ4v) is 2.10. The fraction of sp³-hybridized carbons (Fsp3) is 0.333. The van der Waals surface area contributed by atoms with Crippen molar-refractivity contribution in [3.05, 3.63) is 28.5 Å². The summed E-state index contributed by atoms with van der Waals surface area (Å²) in [5.74, 6) is -0.577. The van der Waals surface area contributed by atoms with E-state index in [1.54, 1.807) is 18.0 Å². The summed E-state index contributed by atoms with van der Waals surface area (Å²) in [6.07, 6.45) is 0.581. The van der Waals surface area contributed by atoms with Crippen LogP contribution < -0.4 is 10.6 Å². The standard InChI is InChI=1S/C12H13BrFN3O2/c1-17-5-4-10(11(17)18)16-12(19)15-7-2-3-8(13)9(14)6-7/h2-3,6,10H,4-5H2,1H3,(H2,15,16,19)/t10-/m0/s1. The van der Waals surface area contributed by atoms with E-state index in [0.29, 0.717) is 23.1 Å². The monoisotopic (exact) mass is 329 g/mol. The molecule has 1 aromatic rings. The molecule has 102 valence electrons. The number of rotatable bonds is 2. The maximum absolute atomic E-state index is 13.3. The van der Waals surface area contributed by atoms with E-state index in [9.17, 15) is 14.0 Å². The van der Waals surface area contributed by atoms with Crippen LogP contribution >= 0.6 is 15.9 Å². The molecule has 1 fully saturated rings. The lowest BCUT2D eigenvalue weighted by molar-refractivity contribution is -0.128. The van der Waals surface area contributed by atoms with Gasteiger partial charge in [0, 0.05) is 19.3 Å². The van der Waals surface area contributed by atoms with Gasteiger partial charge in [0.2, 0.25) is 5.91 Å². The maximum atomic E-state index is 13.3. The van der Waals surface area contributed by atoms with Gasteiger partial charge < -0.3 is 15.5 Å². The molecule has 0 aliphatic carbocycles. The first-order valence-corrected chi connectivity index (χ1v) is 6.54. The number of carbonyl (C=O) groups excluding carboxylic acids is 2. The van der Waals surface area contributed by atoms with Gasteiger partial charge in [-0.1, -0.05) is 0 Å². The number of hydrogen-bond acceptors (Lipinski definition) is 2. The Hall–Kier alpha value is -1.63. The summed E-state index contributed by atoms with van der Waals surface area (Å²) in [4.78, 5) is 24.9. The van der Waals surface area contributed by atoms with E-state index < -0.39 is 17.9 Å². The first-order chi connectivity index (χ1) is 8.97. The van der Waals surface area contributed by atoms with Gasteiger partial charge in [-0.05, 0) is 40.5 Å². The van der Waals surface area contributed by atoms with Gasteiger partial charge >= 0.3 is 6.03 Å². The van der Waals surface area contributed by atoms with E-state index in [0.717, 1.165) is 0 Å². The van der Waals surface area contributed by atoms with Crippen LogP contribution in [0.4, 0.5) is 14.9 Å². The molecule has 0 unspecified atom stereocenters. The Bertz CT molecular complexity index is 524. The minimum atomic E-state index is -0.518. The SMILES string of the molecule is CN1CC[C@H](NC(=O)Nc2ccc(Br)c(F)c2)C1=O. The number of nitrogens with one attached hydrogen (secondary N) is 2. The van der Waals surface area contributed by atoms with Crippen molar-refractivity contribution in [2.75, 3.05) is 18.9 Å². The number of halogens is 2. The number of likely N-dealkylation sites (tertiary alicyclic amines) is 1. The Morgan fingerprint density at radius 3 is 2.84 bits per heavy atom. The van der Waals surface area contributed by atoms with Crippen LogP contribution in [0, 0.1) is 5.82 Å². The largest absolute Gasteiger partial charge is 0.344 e. The van der Waals surface area contributed by atoms with E-state index in [1.807, 2.05) is 0 Å². The molecule has 2 rings (SSSR count). The second kappa shape index (κ2) is 5.56. The van der Waals surface area contributed by atoms with Crippen molar-refractivity contribution in [2.24, 2.45) is 0 Å². The van der Waals surface area contributed by atoms with Crippen molar-refractivity contribution in [3.63, 3.8) is 0 Å². The molecule has 3 amide bonds. The Morgan fingerprint density at radius 2 is 2.26 bits per heavy atom. The van der Waals surface area contributed by atoms with Crippen LogP contribution in [0.3, 0.4) is 0 Å². The van der Waals surface area contributed by atoms with Crippen LogP contribution in [0.1, 0.15) is 6.42 Å². The normalized spacial score (nSPS) is 18.6. The average molecular weight is 330 g/mol. The van der Waals surface area contributed by atoms with Gasteiger partial charge in [0.25, 0.3) is 0 Å². The summed E-state index contributed by atoms with van der Waals surface area (Å²) in [7, 11) is 1.69. The number of benzene rings is 1. The third kappa shape index (κ3) is 3.23. The molecule has 19 heavy (non-hydrogen) atoms. The van der Waals surface area contributed by atoms with Gasteiger partial charge in [-0.25, -0.2) is 9.18 Å². The minimum absolute atomic E-state index is 0.114. The van der Waals surface area contributed by atoms with E-state index >= 15 is 0 Å². The molecular formula is C12H13BrFN3O2. The highest BCUT2D eigenvalue weighted by atomic mass is 79.9. The molecule has 5 nitrogen and oxygen atoms in total. The molecule has 0 radical (unpaired) electrons. The molecule has 0 bridgehead atoms. The van der Waals surface area contributed by atoms with Crippen LogP contribution in [-0.2, 0) is 4.79 Å². The smallest absolute Gasteiger partial charge is 0.319 e. The van der Waals surface area contributed by atoms with Crippen LogP contribution in [-0.4, -0.2) is 36.5 Å². The van der Waals surface area contributed by atoms with E-state index in [4.69, 9.17) is 0 Å². The number of anilines is 1. The van der Waals surface area contributed by atoms with Crippen molar-refractivity contribution in [3.8, 4) is 0 Å². The summed E-state index contributed by atoms with van der Waals surface area (Å²) in [5.41, 5.74) is 0.331. The van der Waals surface area contributed by atoms with Crippen molar-refractivity contribution in [2.45, 2.75) is 12.5 Å². The zero-order valence-corrected chi connectivity index (χ0v) is 11.8. The maximum Gasteiger partial charge on any atom is 0.319 e. The average Bonchev–Trinajstić information content (AvgIpc) is 2.66. The third-order valence-electron chi connectivity index (χ3n) is 2.91. The number of urea groups is 1. The van der Waals surface area contributed by atoms with Crippen LogP contribution in [0.2, 0.25) is 0 Å². The van der Waals surface area contributed by atoms with E-state index in [1.165, 1.54) is 12.1 Å². The zero-order chi connectivity index (χ0) is 14.0. The van der Waals surface area contributed by atoms with Gasteiger partial charge in [0.05, 0.1) is 4.47 Å². The lowest BCUT2D eigenvalue weighted by Gasteiger charge is -2.13. The Morgan fingerprint density at radius 1 is 1.53 bits per heavy atom. The van der Waals surface area contributed by atoms with Gasteiger partial charge in [-0.2, -0.15) is 0 Å². The summed E-state index contributed by atoms with van der Waals surface area (Å²) in [6, 6.07) is 3.24. The molecule has 1 saturated heterocycles. The highest BCUT2D eigenvalue weighted by molar-refractivity contribution is 9.10. The first-order valence-electron chi connectivity index (χ1n) is 5.75. The summed E-state index contributed by atoms with van der Waals surface area (Å²) >= 11 is 3.03. The molecule has 0 aromatic heterocycles. The Labute approximate surface area is 118 Å². The van der Waals surface area contributed by atoms with Gasteiger partial charge in [-0.3, -0.25) is 4.79 Å². The summed E-state index contributed by atoms with van der Waals surface area (Å²) in [5, 5.41) is 5.06. The van der Waals surface area contributed by atoms with E-state index in [2.05, 4.69) is 26.6 Å². The van der Waals surface area contributed by atoms with Crippen LogP contribution in [0.25, 0.3) is 0 Å². The van der Waals surface area contributed by atoms with E-state index in [-0.39, 0.29) is 5.91 Å². The third-order valence-corrected chi connectivity index (χ3v) is 3.55. The molecule has 7 heteroatoms. The number of carbonyl (C=O) groups is 2. The highest BCUT2D eigenvalue weighted by Crippen LogP contribution is 2.19. The predicted octanol–water partition coefficient (Wildman–Crippen LogP) is 1.94. The molecule has 0 spiro atoms. The first kappa shape index (κ1) is 13.8. The molecular weight excluding hydrogens is 317 g/mol. The molecule has 0 saturated carbocycles. The van der Waals surface area contributed by atoms with Crippen molar-refractivity contribution >= 4 is 33.6 Å². The second-order valence-corrected chi connectivity index (χ2v) is 5.18. The van der Waals surface area contributed by atoms with Crippen molar-refractivity contribution in [1.82, 2.24) is 10.2 Å². The molecule has 1 heterocycles. The lowest BCUT2D eigenvalue weighted by atomic mass is 10.2. The number of amides is 3. The van der Waals surface area contributed by atoms with Gasteiger partial charge in [-0.15, -0.1) is 0 Å². The summed E-state index contributed by atoms with van der Waals surface area (Å²) < 4.78 is 13.6. The Kier molecular flexibility index (Phi) is 4.04. The van der Waals surface area contributed by atoms with Crippen molar-refractivity contribution in [1.29, 1.82) is 0 Å². The molecule has 2 N–H and O–H groups in total. The summed E-state index contributed by atoms with van der Waals surface area (Å²) in [6.45, 7) is 0.622. The lowest BCUT2D eigenvalue weighted by Crippen LogP contribution is -2.42. The molecule has 1 aromatic carbocycles. The topological polar surface area (TPSA) is 61.4 Å². The number of nitrogens with zero attached hydrogens (tertiary/aromatic N) is 1. The zero-order valence-electron chi connectivity index (χ0n) is 10.2. The van der Waals surface area contributed by atoms with Crippen LogP contribution in [0.5, 0.6) is 0 Å². The second-order valence-electron chi connectivity index (χ2n) is 4.33. The van der Waals surface area contributed by atoms with Gasteiger partial charge in [0.15, 0.2) is 0 Å². The molecule has 1 aliphatic rings. The quantitative estimate of drug-likeness (QED) is 0.871. The van der Waals surface area contributed by atoms with Crippen molar-refractivity contribution < 1.29 is 14.0 Å².